The van der Waals surface area contributed by atoms with Crippen molar-refractivity contribution in [2.24, 2.45) is 0 Å². The predicted molar refractivity (Wildman–Crippen MR) is 98.3 cm³/mol. The summed E-state index contributed by atoms with van der Waals surface area (Å²) in [7, 11) is 0. The maximum absolute atomic E-state index is 12.6. The predicted octanol–water partition coefficient (Wildman–Crippen LogP) is 4.48. The van der Waals surface area contributed by atoms with Crippen molar-refractivity contribution in [2.45, 2.75) is 19.9 Å². The van der Waals surface area contributed by atoms with E-state index in [1.807, 2.05) is 67.1 Å². The molecule has 0 spiro atoms. The van der Waals surface area contributed by atoms with Gasteiger partial charge in [0.1, 0.15) is 10.6 Å². The van der Waals surface area contributed by atoms with Crippen molar-refractivity contribution >= 4 is 27.5 Å². The van der Waals surface area contributed by atoms with Gasteiger partial charge in [0.05, 0.1) is 28.6 Å². The van der Waals surface area contributed by atoms with Crippen LogP contribution < -0.4 is 5.32 Å². The van der Waals surface area contributed by atoms with E-state index in [0.29, 0.717) is 4.88 Å². The van der Waals surface area contributed by atoms with E-state index in [1.54, 1.807) is 6.26 Å². The Morgan fingerprint density at radius 2 is 2.04 bits per heavy atom. The van der Waals surface area contributed by atoms with Crippen molar-refractivity contribution in [3.63, 3.8) is 0 Å². The quantitative estimate of drug-likeness (QED) is 0.590. The summed E-state index contributed by atoms with van der Waals surface area (Å²) < 4.78 is 7.24. The lowest BCUT2D eigenvalue weighted by atomic mass is 10.2. The van der Waals surface area contributed by atoms with Gasteiger partial charge in [-0.1, -0.05) is 18.2 Å². The number of fused-ring (bicyclic) bond motifs is 1. The largest absolute Gasteiger partial charge is 0.467 e. The Morgan fingerprint density at radius 1 is 1.24 bits per heavy atom. The van der Waals surface area contributed by atoms with Crippen LogP contribution in [-0.2, 0) is 0 Å². The van der Waals surface area contributed by atoms with Crippen LogP contribution >= 0.6 is 11.3 Å². The highest BCUT2D eigenvalue weighted by Crippen LogP contribution is 2.30. The molecule has 3 aromatic heterocycles. The number of nitrogens with zero attached hydrogens (tertiary/aromatic N) is 2. The van der Waals surface area contributed by atoms with Gasteiger partial charge in [0.15, 0.2) is 0 Å². The molecule has 0 saturated heterocycles. The van der Waals surface area contributed by atoms with E-state index in [2.05, 4.69) is 10.4 Å². The van der Waals surface area contributed by atoms with Crippen LogP contribution in [0, 0.1) is 6.92 Å². The molecule has 25 heavy (non-hydrogen) atoms. The SMILES string of the molecule is Cc1nn(-c2ccccc2)c2sc(C(=O)N[C@@H](C)c3ccco3)cc12. The van der Waals surface area contributed by atoms with Crippen molar-refractivity contribution in [3.8, 4) is 5.69 Å². The van der Waals surface area contributed by atoms with E-state index in [0.717, 1.165) is 27.4 Å². The van der Waals surface area contributed by atoms with Crippen LogP contribution in [-0.4, -0.2) is 15.7 Å². The number of aryl methyl sites for hydroxylation is 1. The molecule has 5 nitrogen and oxygen atoms in total. The normalized spacial score (nSPS) is 12.4. The molecule has 0 fully saturated rings. The van der Waals surface area contributed by atoms with E-state index in [9.17, 15) is 4.79 Å². The molecule has 6 heteroatoms. The molecule has 0 aliphatic heterocycles. The third-order valence-electron chi connectivity index (χ3n) is 4.09. The Kier molecular flexibility index (Phi) is 3.89. The molecule has 0 radical (unpaired) electrons. The second-order valence-corrected chi connectivity index (χ2v) is 6.90. The smallest absolute Gasteiger partial charge is 0.262 e. The van der Waals surface area contributed by atoms with Gasteiger partial charge in [-0.25, -0.2) is 4.68 Å². The molecule has 3 heterocycles. The number of hydrogen-bond donors (Lipinski definition) is 1. The van der Waals surface area contributed by atoms with Crippen LogP contribution in [0.5, 0.6) is 0 Å². The third-order valence-corrected chi connectivity index (χ3v) is 5.20. The molecule has 4 aromatic rings. The van der Waals surface area contributed by atoms with Gasteiger partial charge in [0.2, 0.25) is 0 Å². The fourth-order valence-electron chi connectivity index (χ4n) is 2.78. The van der Waals surface area contributed by atoms with Crippen LogP contribution in [0.2, 0.25) is 0 Å². The van der Waals surface area contributed by atoms with Crippen molar-refractivity contribution in [2.75, 3.05) is 0 Å². The van der Waals surface area contributed by atoms with Gasteiger partial charge in [-0.15, -0.1) is 11.3 Å². The van der Waals surface area contributed by atoms with Crippen molar-refractivity contribution in [3.05, 3.63) is 71.1 Å². The summed E-state index contributed by atoms with van der Waals surface area (Å²) >= 11 is 1.44. The zero-order valence-electron chi connectivity index (χ0n) is 13.9. The van der Waals surface area contributed by atoms with E-state index in [-0.39, 0.29) is 11.9 Å². The Balaban J connectivity index is 1.66. The van der Waals surface area contributed by atoms with Crippen molar-refractivity contribution in [1.29, 1.82) is 0 Å². The van der Waals surface area contributed by atoms with Gasteiger partial charge in [0, 0.05) is 5.39 Å². The van der Waals surface area contributed by atoms with E-state index in [4.69, 9.17) is 4.42 Å². The lowest BCUT2D eigenvalue weighted by molar-refractivity contribution is 0.0939. The van der Waals surface area contributed by atoms with Crippen LogP contribution in [0.25, 0.3) is 15.9 Å². The summed E-state index contributed by atoms with van der Waals surface area (Å²) in [6.07, 6.45) is 1.61. The first kappa shape index (κ1) is 15.7. The number of aromatic nitrogens is 2. The third kappa shape index (κ3) is 2.85. The topological polar surface area (TPSA) is 60.1 Å². The first-order valence-electron chi connectivity index (χ1n) is 8.02. The number of nitrogens with one attached hydrogen (secondary N) is 1. The summed E-state index contributed by atoms with van der Waals surface area (Å²) in [5.41, 5.74) is 1.89. The standard InChI is InChI=1S/C19H17N3O2S/c1-12-15-11-17(18(23)20-13(2)16-9-6-10-24-16)25-19(15)22(21-12)14-7-4-3-5-8-14/h3-11,13H,1-2H3,(H,20,23)/t13-/m0/s1. The zero-order chi connectivity index (χ0) is 17.4. The number of rotatable bonds is 4. The minimum absolute atomic E-state index is 0.107. The fourth-order valence-corrected chi connectivity index (χ4v) is 3.87. The number of amides is 1. The number of thiophene rings is 1. The maximum atomic E-state index is 12.6. The molecule has 1 N–H and O–H groups in total. The molecule has 1 amide bonds. The van der Waals surface area contributed by atoms with Crippen molar-refractivity contribution < 1.29 is 9.21 Å². The highest BCUT2D eigenvalue weighted by atomic mass is 32.1. The highest BCUT2D eigenvalue weighted by Gasteiger charge is 2.19. The van der Waals surface area contributed by atoms with Gasteiger partial charge < -0.3 is 9.73 Å². The minimum Gasteiger partial charge on any atom is -0.467 e. The Labute approximate surface area is 148 Å². The zero-order valence-corrected chi connectivity index (χ0v) is 14.7. The number of hydrogen-bond acceptors (Lipinski definition) is 4. The molecular formula is C19H17N3O2S. The molecule has 4 rings (SSSR count). The summed E-state index contributed by atoms with van der Waals surface area (Å²) in [6, 6.07) is 15.3. The van der Waals surface area contributed by atoms with Gasteiger partial charge in [-0.05, 0) is 44.2 Å². The summed E-state index contributed by atoms with van der Waals surface area (Å²) in [5, 5.41) is 8.58. The van der Waals surface area contributed by atoms with Gasteiger partial charge >= 0.3 is 0 Å². The van der Waals surface area contributed by atoms with Crippen LogP contribution in [0.3, 0.4) is 0 Å². The van der Waals surface area contributed by atoms with E-state index < -0.39 is 0 Å². The number of carbonyl (C=O) groups is 1. The lowest BCUT2D eigenvalue weighted by Crippen LogP contribution is -2.25. The summed E-state index contributed by atoms with van der Waals surface area (Å²) in [5.74, 6) is 0.630. The second-order valence-electron chi connectivity index (χ2n) is 5.87. The summed E-state index contributed by atoms with van der Waals surface area (Å²) in [4.78, 5) is 14.2. The fraction of sp³-hybridized carbons (Fsp3) is 0.158. The van der Waals surface area contributed by atoms with E-state index in [1.165, 1.54) is 11.3 Å². The Bertz CT molecular complexity index is 1020. The highest BCUT2D eigenvalue weighted by molar-refractivity contribution is 7.20. The average molecular weight is 351 g/mol. The second kappa shape index (κ2) is 6.22. The van der Waals surface area contributed by atoms with Gasteiger partial charge in [-0.3, -0.25) is 4.79 Å². The molecule has 0 unspecified atom stereocenters. The van der Waals surface area contributed by atoms with Crippen LogP contribution in [0.1, 0.15) is 34.1 Å². The first-order chi connectivity index (χ1) is 12.1. The van der Waals surface area contributed by atoms with Crippen LogP contribution in [0.15, 0.2) is 59.2 Å². The number of carbonyl (C=O) groups excluding carboxylic acids is 1. The maximum Gasteiger partial charge on any atom is 0.262 e. The molecule has 0 aliphatic rings. The van der Waals surface area contributed by atoms with Gasteiger partial charge in [0.25, 0.3) is 5.91 Å². The molecule has 126 valence electrons. The average Bonchev–Trinajstić information content (AvgIpc) is 3.33. The van der Waals surface area contributed by atoms with Gasteiger partial charge in [-0.2, -0.15) is 5.10 Å². The molecule has 1 atom stereocenters. The molecule has 0 saturated carbocycles. The van der Waals surface area contributed by atoms with Crippen molar-refractivity contribution in [1.82, 2.24) is 15.1 Å². The lowest BCUT2D eigenvalue weighted by Gasteiger charge is -2.10. The first-order valence-corrected chi connectivity index (χ1v) is 8.84. The summed E-state index contributed by atoms with van der Waals surface area (Å²) in [6.45, 7) is 3.86. The number of benzene rings is 1. The van der Waals surface area contributed by atoms with Crippen LogP contribution in [0.4, 0.5) is 0 Å². The number of para-hydroxylation sites is 1. The minimum atomic E-state index is -0.181. The molecular weight excluding hydrogens is 334 g/mol. The van der Waals surface area contributed by atoms with E-state index >= 15 is 0 Å². The monoisotopic (exact) mass is 351 g/mol. The molecule has 1 aromatic carbocycles. The molecule has 0 aliphatic carbocycles. The number of furan rings is 1. The Morgan fingerprint density at radius 3 is 2.76 bits per heavy atom. The molecule has 0 bridgehead atoms. The Hall–Kier alpha value is -2.86.